The molecule has 0 aliphatic carbocycles. The number of benzene rings is 1. The van der Waals surface area contributed by atoms with E-state index in [0.717, 1.165) is 34.3 Å². The van der Waals surface area contributed by atoms with Gasteiger partial charge in [0.15, 0.2) is 0 Å². The molecule has 1 heterocycles. The first kappa shape index (κ1) is 31.0. The van der Waals surface area contributed by atoms with Gasteiger partial charge in [0.1, 0.15) is 11.5 Å². The van der Waals surface area contributed by atoms with Crippen LogP contribution in [-0.2, 0) is 0 Å². The summed E-state index contributed by atoms with van der Waals surface area (Å²) >= 11 is 12.5. The van der Waals surface area contributed by atoms with Gasteiger partial charge < -0.3 is 9.47 Å². The summed E-state index contributed by atoms with van der Waals surface area (Å²) in [6, 6.07) is 12.1. The summed E-state index contributed by atoms with van der Waals surface area (Å²) in [7, 11) is 1.56. The zero-order chi connectivity index (χ0) is 27.2. The van der Waals surface area contributed by atoms with Crippen LogP contribution in [0.5, 0.6) is 11.5 Å². The fourth-order valence-corrected chi connectivity index (χ4v) is 5.17. The highest BCUT2D eigenvalue weighted by molar-refractivity contribution is 9.13. The standard InChI is InChI=1S/C29H30Br2N2O2S2/c1-4-6-9-20(5-2)19-35-27-16-25(22(18-33)14-23-12-13-29(31)37-23)26(34-3)15-24(27)21(17-32)10-7-8-11-28(30)36/h7-8,10-16,20,36H,4-6,9,19H2,1-3H3/b8-7+,21-10+,22-14+,28-11-. The molecule has 0 fully saturated rings. The van der Waals surface area contributed by atoms with Crippen molar-refractivity contribution in [3.05, 3.63) is 72.2 Å². The molecule has 0 saturated heterocycles. The van der Waals surface area contributed by atoms with Crippen molar-refractivity contribution in [2.75, 3.05) is 13.7 Å². The molecule has 0 N–H and O–H groups in total. The number of unbranched alkanes of at least 4 members (excludes halogenated alkanes) is 1. The fourth-order valence-electron chi connectivity index (χ4n) is 3.57. The smallest absolute Gasteiger partial charge is 0.128 e. The molecule has 8 heteroatoms. The second-order valence-corrected chi connectivity index (χ2v) is 12.6. The van der Waals surface area contributed by atoms with Crippen molar-refractivity contribution in [2.24, 2.45) is 5.92 Å². The molecule has 0 bridgehead atoms. The van der Waals surface area contributed by atoms with E-state index in [9.17, 15) is 10.5 Å². The van der Waals surface area contributed by atoms with Gasteiger partial charge in [0.2, 0.25) is 0 Å². The zero-order valence-electron chi connectivity index (χ0n) is 21.1. The molecule has 1 atom stereocenters. The fraction of sp³-hybridized carbons (Fsp3) is 0.310. The third-order valence-corrected chi connectivity index (χ3v) is 7.61. The van der Waals surface area contributed by atoms with Gasteiger partial charge in [-0.15, -0.1) is 24.0 Å². The monoisotopic (exact) mass is 660 g/mol. The minimum Gasteiger partial charge on any atom is -0.496 e. The van der Waals surface area contributed by atoms with Crippen LogP contribution < -0.4 is 9.47 Å². The third-order valence-electron chi connectivity index (χ3n) is 5.63. The normalized spacial score (nSPS) is 13.4. The lowest BCUT2D eigenvalue weighted by molar-refractivity contribution is 0.232. The number of hydrogen-bond acceptors (Lipinski definition) is 6. The van der Waals surface area contributed by atoms with E-state index in [1.54, 1.807) is 37.5 Å². The van der Waals surface area contributed by atoms with Crippen LogP contribution in [0.4, 0.5) is 0 Å². The van der Waals surface area contributed by atoms with E-state index in [1.807, 2.05) is 24.3 Å². The van der Waals surface area contributed by atoms with Crippen LogP contribution in [0.2, 0.25) is 0 Å². The molecule has 1 aromatic heterocycles. The lowest BCUT2D eigenvalue weighted by Gasteiger charge is -2.19. The van der Waals surface area contributed by atoms with E-state index in [0.29, 0.717) is 50.1 Å². The minimum atomic E-state index is 0.403. The molecule has 0 aliphatic rings. The molecule has 4 nitrogen and oxygen atoms in total. The Morgan fingerprint density at radius 2 is 1.76 bits per heavy atom. The Morgan fingerprint density at radius 1 is 1.08 bits per heavy atom. The SMILES string of the molecule is CCCCC(CC)COc1cc(/C(C#N)=C/c2ccc(Br)s2)c(OC)cc1/C(C#N)=C/C=C/C=C(\S)Br. The molecule has 2 rings (SSSR count). The topological polar surface area (TPSA) is 66.0 Å². The number of nitriles is 2. The van der Waals surface area contributed by atoms with Crippen molar-refractivity contribution in [3.8, 4) is 23.6 Å². The highest BCUT2D eigenvalue weighted by Crippen LogP contribution is 2.38. The first-order chi connectivity index (χ1) is 17.9. The van der Waals surface area contributed by atoms with Gasteiger partial charge in [-0.1, -0.05) is 45.3 Å². The van der Waals surface area contributed by atoms with Crippen LogP contribution in [0, 0.1) is 28.6 Å². The number of thiol groups is 1. The Hall–Kier alpha value is -2.23. The number of ether oxygens (including phenoxy) is 2. The zero-order valence-corrected chi connectivity index (χ0v) is 26.0. The van der Waals surface area contributed by atoms with E-state index in [2.05, 4.69) is 70.5 Å². The molecule has 37 heavy (non-hydrogen) atoms. The first-order valence-corrected chi connectivity index (χ1v) is 14.8. The molecular formula is C29H30Br2N2O2S2. The summed E-state index contributed by atoms with van der Waals surface area (Å²) in [6.07, 6.45) is 13.2. The lowest BCUT2D eigenvalue weighted by atomic mass is 9.97. The van der Waals surface area contributed by atoms with Crippen LogP contribution in [0.15, 0.2) is 56.2 Å². The summed E-state index contributed by atoms with van der Waals surface area (Å²) in [5, 5.41) is 20.0. The van der Waals surface area contributed by atoms with Gasteiger partial charge in [-0.05, 0) is 86.7 Å². The largest absolute Gasteiger partial charge is 0.496 e. The van der Waals surface area contributed by atoms with Crippen LogP contribution >= 0.6 is 55.8 Å². The predicted molar refractivity (Wildman–Crippen MR) is 166 cm³/mol. The minimum absolute atomic E-state index is 0.403. The summed E-state index contributed by atoms with van der Waals surface area (Å²) in [6.45, 7) is 4.88. The Morgan fingerprint density at radius 3 is 2.32 bits per heavy atom. The first-order valence-electron chi connectivity index (χ1n) is 11.9. The molecule has 194 valence electrons. The Bertz CT molecular complexity index is 1260. The maximum absolute atomic E-state index is 10.0. The van der Waals surface area contributed by atoms with E-state index < -0.39 is 0 Å². The van der Waals surface area contributed by atoms with Crippen LogP contribution in [0.1, 0.15) is 55.5 Å². The Labute approximate surface area is 246 Å². The van der Waals surface area contributed by atoms with Crippen molar-refractivity contribution in [1.82, 2.24) is 0 Å². The van der Waals surface area contributed by atoms with Gasteiger partial charge in [-0.2, -0.15) is 10.5 Å². The third kappa shape index (κ3) is 9.87. The highest BCUT2D eigenvalue weighted by Gasteiger charge is 2.19. The van der Waals surface area contributed by atoms with Crippen LogP contribution in [0.25, 0.3) is 17.2 Å². The van der Waals surface area contributed by atoms with E-state index in [1.165, 1.54) is 11.3 Å². The molecule has 0 saturated carbocycles. The van der Waals surface area contributed by atoms with Gasteiger partial charge in [0, 0.05) is 19.8 Å². The maximum atomic E-state index is 10.0. The second-order valence-electron chi connectivity index (χ2n) is 8.15. The molecular weight excluding hydrogens is 632 g/mol. The van der Waals surface area contributed by atoms with E-state index >= 15 is 0 Å². The Balaban J connectivity index is 2.63. The molecule has 0 radical (unpaired) electrons. The number of rotatable bonds is 13. The number of methoxy groups -OCH3 is 1. The summed E-state index contributed by atoms with van der Waals surface area (Å²) in [5.74, 6) is 1.44. The number of allylic oxidation sites excluding steroid dienone is 6. The van der Waals surface area contributed by atoms with Gasteiger partial charge in [0.05, 0.1) is 40.8 Å². The van der Waals surface area contributed by atoms with Crippen molar-refractivity contribution >= 4 is 73.0 Å². The van der Waals surface area contributed by atoms with Gasteiger partial charge in [0.25, 0.3) is 0 Å². The van der Waals surface area contributed by atoms with Gasteiger partial charge >= 0.3 is 0 Å². The lowest BCUT2D eigenvalue weighted by Crippen LogP contribution is -2.12. The quantitative estimate of drug-likeness (QED) is 0.132. The molecule has 0 aliphatic heterocycles. The average Bonchev–Trinajstić information content (AvgIpc) is 3.31. The molecule has 1 aromatic carbocycles. The predicted octanol–water partition coefficient (Wildman–Crippen LogP) is 9.81. The second kappa shape index (κ2) is 16.6. The van der Waals surface area contributed by atoms with Gasteiger partial charge in [-0.25, -0.2) is 0 Å². The Kier molecular flexibility index (Phi) is 13.9. The van der Waals surface area contributed by atoms with Crippen LogP contribution in [-0.4, -0.2) is 13.7 Å². The van der Waals surface area contributed by atoms with Gasteiger partial charge in [-0.3, -0.25) is 0 Å². The van der Waals surface area contributed by atoms with Crippen molar-refractivity contribution < 1.29 is 9.47 Å². The number of hydrogen-bond donors (Lipinski definition) is 1. The van der Waals surface area contributed by atoms with E-state index in [-0.39, 0.29) is 0 Å². The molecule has 0 spiro atoms. The molecule has 2 aromatic rings. The summed E-state index contributed by atoms with van der Waals surface area (Å²) < 4.78 is 13.7. The van der Waals surface area contributed by atoms with Crippen molar-refractivity contribution in [1.29, 1.82) is 10.5 Å². The molecule has 0 amide bonds. The highest BCUT2D eigenvalue weighted by atomic mass is 79.9. The number of thiophene rings is 1. The maximum Gasteiger partial charge on any atom is 0.128 e. The number of halogens is 2. The number of nitrogens with zero attached hydrogens (tertiary/aromatic N) is 2. The summed E-state index contributed by atoms with van der Waals surface area (Å²) in [4.78, 5) is 0.939. The average molecular weight is 663 g/mol. The van der Waals surface area contributed by atoms with E-state index in [4.69, 9.17) is 9.47 Å². The van der Waals surface area contributed by atoms with Crippen molar-refractivity contribution in [3.63, 3.8) is 0 Å². The molecule has 1 unspecified atom stereocenters. The van der Waals surface area contributed by atoms with Crippen molar-refractivity contribution in [2.45, 2.75) is 39.5 Å². The van der Waals surface area contributed by atoms with Crippen LogP contribution in [0.3, 0.4) is 0 Å². The summed E-state index contributed by atoms with van der Waals surface area (Å²) in [5.41, 5.74) is 2.10.